The van der Waals surface area contributed by atoms with Crippen LogP contribution in [-0.4, -0.2) is 65.7 Å². The summed E-state index contributed by atoms with van der Waals surface area (Å²) in [5, 5.41) is 19.1. The maximum atomic E-state index is 12.3. The molecule has 0 aliphatic carbocycles. The second-order valence-corrected chi connectivity index (χ2v) is 13.6. The number of ether oxygens (including phenoxy) is 2. The largest absolute Gasteiger partial charge is 0.472 e. The summed E-state index contributed by atoms with van der Waals surface area (Å²) in [6.07, 6.45) is 36.3. The van der Waals surface area contributed by atoms with E-state index in [0.717, 1.165) is 83.5 Å². The quantitative estimate of drug-likeness (QED) is 0.0254. The first kappa shape index (κ1) is 47.7. The van der Waals surface area contributed by atoms with Crippen LogP contribution < -0.4 is 0 Å². The standard InChI is InChI=1S/C39H67O10P/c1-3-5-7-9-11-13-15-17-19-21-23-25-27-29-31-39(43)49-37(33-41)35-47-50(44,45)46-34-36(32-40)48-38(42)30-28-26-24-22-20-18-16-14-12-10-8-6-4-2/h6,8-9,11-12,14-15,17-18,20,36-37,40-41H,3-5,7,10,13,16,19,21-35H2,1-2H3,(H,44,45)/b8-6-,11-9-,14-12-,17-15-,20-18-. The highest BCUT2D eigenvalue weighted by atomic mass is 31.2. The first-order valence-electron chi connectivity index (χ1n) is 18.7. The van der Waals surface area contributed by atoms with Crippen LogP contribution >= 0.6 is 7.82 Å². The molecule has 0 aromatic rings. The highest BCUT2D eigenvalue weighted by Gasteiger charge is 2.27. The zero-order chi connectivity index (χ0) is 37.0. The second kappa shape index (κ2) is 35.1. The number of aliphatic hydroxyl groups is 2. The molecule has 3 unspecified atom stereocenters. The summed E-state index contributed by atoms with van der Waals surface area (Å²) >= 11 is 0. The summed E-state index contributed by atoms with van der Waals surface area (Å²) in [5.41, 5.74) is 0. The van der Waals surface area contributed by atoms with E-state index in [-0.39, 0.29) is 12.8 Å². The van der Waals surface area contributed by atoms with Crippen molar-refractivity contribution < 1.29 is 47.8 Å². The molecule has 0 aliphatic heterocycles. The van der Waals surface area contributed by atoms with Gasteiger partial charge in [0.1, 0.15) is 12.2 Å². The van der Waals surface area contributed by atoms with Gasteiger partial charge in [-0.15, -0.1) is 0 Å². The van der Waals surface area contributed by atoms with E-state index < -0.39 is 58.4 Å². The summed E-state index contributed by atoms with van der Waals surface area (Å²) in [4.78, 5) is 34.3. The molecule has 0 heterocycles. The fourth-order valence-corrected chi connectivity index (χ4v) is 5.34. The summed E-state index contributed by atoms with van der Waals surface area (Å²) in [7, 11) is -4.64. The van der Waals surface area contributed by atoms with Crippen molar-refractivity contribution in [2.75, 3.05) is 26.4 Å². The number of hydrogen-bond donors (Lipinski definition) is 3. The molecular formula is C39H67O10P. The van der Waals surface area contributed by atoms with Crippen LogP contribution in [0.5, 0.6) is 0 Å². The lowest BCUT2D eigenvalue weighted by atomic mass is 10.1. The molecule has 0 rings (SSSR count). The summed E-state index contributed by atoms with van der Waals surface area (Å²) < 4.78 is 32.4. The van der Waals surface area contributed by atoms with E-state index in [1.54, 1.807) is 0 Å². The van der Waals surface area contributed by atoms with E-state index in [1.165, 1.54) is 12.8 Å². The maximum absolute atomic E-state index is 12.3. The van der Waals surface area contributed by atoms with Gasteiger partial charge >= 0.3 is 19.8 Å². The molecule has 10 nitrogen and oxygen atoms in total. The number of esters is 2. The van der Waals surface area contributed by atoms with Crippen molar-refractivity contribution in [1.82, 2.24) is 0 Å². The highest BCUT2D eigenvalue weighted by molar-refractivity contribution is 7.47. The fourth-order valence-electron chi connectivity index (χ4n) is 4.55. The molecule has 0 bridgehead atoms. The van der Waals surface area contributed by atoms with Gasteiger partial charge in [-0.05, 0) is 70.6 Å². The number of aliphatic hydroxyl groups excluding tert-OH is 2. The molecule has 0 aromatic heterocycles. The Morgan fingerprint density at radius 3 is 1.38 bits per heavy atom. The van der Waals surface area contributed by atoms with E-state index in [2.05, 4.69) is 74.6 Å². The number of carbonyl (C=O) groups is 2. The molecule has 11 heteroatoms. The zero-order valence-electron chi connectivity index (χ0n) is 30.8. The normalized spacial score (nSPS) is 14.7. The van der Waals surface area contributed by atoms with Crippen LogP contribution in [0, 0.1) is 0 Å². The predicted molar refractivity (Wildman–Crippen MR) is 200 cm³/mol. The van der Waals surface area contributed by atoms with E-state index in [4.69, 9.17) is 18.5 Å². The van der Waals surface area contributed by atoms with Gasteiger partial charge in [-0.1, -0.05) is 113 Å². The van der Waals surface area contributed by atoms with Crippen LogP contribution in [-0.2, 0) is 32.7 Å². The number of rotatable bonds is 34. The van der Waals surface area contributed by atoms with Crippen LogP contribution in [0.4, 0.5) is 0 Å². The van der Waals surface area contributed by atoms with Gasteiger partial charge < -0.3 is 24.6 Å². The Labute approximate surface area is 302 Å². The van der Waals surface area contributed by atoms with Gasteiger partial charge in [-0.3, -0.25) is 18.6 Å². The number of unbranched alkanes of at least 4 members (excludes halogenated alkanes) is 10. The molecule has 0 aliphatic rings. The van der Waals surface area contributed by atoms with Crippen molar-refractivity contribution in [3.63, 3.8) is 0 Å². The smallest absolute Gasteiger partial charge is 0.457 e. The molecule has 288 valence electrons. The minimum absolute atomic E-state index is 0.153. The third-order valence-electron chi connectivity index (χ3n) is 7.46. The monoisotopic (exact) mass is 726 g/mol. The predicted octanol–water partition coefficient (Wildman–Crippen LogP) is 9.16. The van der Waals surface area contributed by atoms with Crippen LogP contribution in [0.15, 0.2) is 60.8 Å². The van der Waals surface area contributed by atoms with Gasteiger partial charge in [-0.25, -0.2) is 4.57 Å². The van der Waals surface area contributed by atoms with Crippen LogP contribution in [0.3, 0.4) is 0 Å². The van der Waals surface area contributed by atoms with Gasteiger partial charge in [0.05, 0.1) is 26.4 Å². The molecule has 3 atom stereocenters. The van der Waals surface area contributed by atoms with E-state index in [1.807, 2.05) is 0 Å². The van der Waals surface area contributed by atoms with Crippen molar-refractivity contribution in [2.24, 2.45) is 0 Å². The Morgan fingerprint density at radius 2 is 0.940 bits per heavy atom. The lowest BCUT2D eigenvalue weighted by molar-refractivity contribution is -0.153. The topological polar surface area (TPSA) is 149 Å². The Kier molecular flexibility index (Phi) is 33.5. The molecule has 0 saturated carbocycles. The molecule has 0 aromatic carbocycles. The molecule has 3 N–H and O–H groups in total. The fraction of sp³-hybridized carbons (Fsp3) is 0.692. The first-order valence-corrected chi connectivity index (χ1v) is 20.2. The van der Waals surface area contributed by atoms with Crippen LogP contribution in [0.2, 0.25) is 0 Å². The van der Waals surface area contributed by atoms with E-state index >= 15 is 0 Å². The Hall–Kier alpha value is -2.33. The zero-order valence-corrected chi connectivity index (χ0v) is 31.7. The Morgan fingerprint density at radius 1 is 0.560 bits per heavy atom. The van der Waals surface area contributed by atoms with Crippen LogP contribution in [0.25, 0.3) is 0 Å². The SMILES string of the molecule is CC/C=C\C/C=C\C/C=C\CCCCCC(=O)OC(CO)COP(=O)(O)OCC(CO)OC(=O)CCCCCCC/C=C\C/C=C\CCCC. The minimum Gasteiger partial charge on any atom is -0.457 e. The van der Waals surface area contributed by atoms with Crippen molar-refractivity contribution in [2.45, 2.75) is 148 Å². The first-order chi connectivity index (χ1) is 24.3. The summed E-state index contributed by atoms with van der Waals surface area (Å²) in [6, 6.07) is 0. The number of hydrogen-bond acceptors (Lipinski definition) is 9. The summed E-state index contributed by atoms with van der Waals surface area (Å²) in [6.45, 7) is 1.96. The van der Waals surface area contributed by atoms with Crippen molar-refractivity contribution >= 4 is 19.8 Å². The van der Waals surface area contributed by atoms with Gasteiger partial charge in [0, 0.05) is 12.8 Å². The number of phosphoric acid groups is 1. The lowest BCUT2D eigenvalue weighted by Crippen LogP contribution is -2.28. The number of phosphoric ester groups is 1. The van der Waals surface area contributed by atoms with Gasteiger partial charge in [0.25, 0.3) is 0 Å². The number of allylic oxidation sites excluding steroid dienone is 10. The maximum Gasteiger partial charge on any atom is 0.472 e. The van der Waals surface area contributed by atoms with Gasteiger partial charge in [-0.2, -0.15) is 0 Å². The molecular weight excluding hydrogens is 659 g/mol. The lowest BCUT2D eigenvalue weighted by Gasteiger charge is -2.20. The third-order valence-corrected chi connectivity index (χ3v) is 8.41. The average molecular weight is 727 g/mol. The molecule has 0 amide bonds. The number of carbonyl (C=O) groups excluding carboxylic acids is 2. The van der Waals surface area contributed by atoms with Gasteiger partial charge in [0.2, 0.25) is 0 Å². The molecule has 0 saturated heterocycles. The molecule has 50 heavy (non-hydrogen) atoms. The molecule has 0 spiro atoms. The van der Waals surface area contributed by atoms with Crippen molar-refractivity contribution in [1.29, 1.82) is 0 Å². The van der Waals surface area contributed by atoms with Crippen molar-refractivity contribution in [3.8, 4) is 0 Å². The Bertz CT molecular complexity index is 1020. The molecule has 0 fully saturated rings. The molecule has 0 radical (unpaired) electrons. The highest BCUT2D eigenvalue weighted by Crippen LogP contribution is 2.43. The van der Waals surface area contributed by atoms with E-state index in [0.29, 0.717) is 12.8 Å². The van der Waals surface area contributed by atoms with Gasteiger partial charge in [0.15, 0.2) is 0 Å². The third kappa shape index (κ3) is 32.9. The Balaban J connectivity index is 4.06. The average Bonchev–Trinajstić information content (AvgIpc) is 3.10. The van der Waals surface area contributed by atoms with Crippen molar-refractivity contribution in [3.05, 3.63) is 60.8 Å². The second-order valence-electron chi connectivity index (χ2n) is 12.2. The van der Waals surface area contributed by atoms with Crippen LogP contribution in [0.1, 0.15) is 136 Å². The summed E-state index contributed by atoms with van der Waals surface area (Å²) in [5.74, 6) is -1.07. The minimum atomic E-state index is -4.64. The van der Waals surface area contributed by atoms with E-state index in [9.17, 15) is 29.3 Å².